The molecule has 4 atom stereocenters. The molecule has 40 heavy (non-hydrogen) atoms. The number of rotatable bonds is 4. The molecule has 9 N–H and O–H groups in total. The molecule has 0 radical (unpaired) electrons. The van der Waals surface area contributed by atoms with E-state index in [-0.39, 0.29) is 36.5 Å². The zero-order chi connectivity index (χ0) is 28.4. The second kappa shape index (κ2) is 9.13. The molecule has 1 spiro atoms. The van der Waals surface area contributed by atoms with Gasteiger partial charge in [-0.15, -0.1) is 0 Å². The number of guanidine groups is 2. The lowest BCUT2D eigenvalue weighted by Gasteiger charge is -2.49. The van der Waals surface area contributed by atoms with Gasteiger partial charge in [0.05, 0.1) is 18.2 Å². The monoisotopic (exact) mass is 555 g/mol. The second-order valence-corrected chi connectivity index (χ2v) is 11.8. The molecule has 1 aromatic carbocycles. The maximum atomic E-state index is 13.6. The van der Waals surface area contributed by atoms with E-state index in [1.54, 1.807) is 17.0 Å². The fourth-order valence-corrected chi connectivity index (χ4v) is 6.66. The van der Waals surface area contributed by atoms with Crippen molar-refractivity contribution < 1.29 is 24.5 Å². The van der Waals surface area contributed by atoms with E-state index in [2.05, 4.69) is 39.8 Å². The van der Waals surface area contributed by atoms with E-state index in [9.17, 15) is 19.8 Å². The molecule has 14 nitrogen and oxygen atoms in total. The number of likely N-dealkylation sites (tertiary alicyclic amines) is 1. The van der Waals surface area contributed by atoms with Gasteiger partial charge >= 0.3 is 6.03 Å². The number of nitrogens with zero attached hydrogens (tertiary/aromatic N) is 4. The average Bonchev–Trinajstić information content (AvgIpc) is 3.61. The Morgan fingerprint density at radius 3 is 2.70 bits per heavy atom. The van der Waals surface area contributed by atoms with E-state index in [4.69, 9.17) is 16.2 Å². The largest absolute Gasteiger partial charge is 0.492 e. The Labute approximate surface area is 231 Å². The van der Waals surface area contributed by atoms with Gasteiger partial charge in [-0.3, -0.25) is 4.79 Å². The zero-order valence-corrected chi connectivity index (χ0v) is 22.7. The summed E-state index contributed by atoms with van der Waals surface area (Å²) in [6.07, 6.45) is 2.72. The van der Waals surface area contributed by atoms with Crippen molar-refractivity contribution in [3.63, 3.8) is 0 Å². The van der Waals surface area contributed by atoms with Crippen LogP contribution < -0.4 is 32.2 Å². The van der Waals surface area contributed by atoms with Crippen molar-refractivity contribution in [2.45, 2.75) is 68.1 Å². The lowest BCUT2D eigenvalue weighted by molar-refractivity contribution is -0.230. The molecule has 0 saturated carbocycles. The normalized spacial score (nSPS) is 31.1. The molecule has 5 heterocycles. The summed E-state index contributed by atoms with van der Waals surface area (Å²) in [4.78, 5) is 38.4. The Hall–Kier alpha value is -3.78. The molecule has 2 saturated heterocycles. The van der Waals surface area contributed by atoms with Gasteiger partial charge in [-0.25, -0.2) is 14.8 Å². The lowest BCUT2D eigenvalue weighted by Crippen LogP contribution is -2.78. The van der Waals surface area contributed by atoms with Crippen molar-refractivity contribution in [3.8, 4) is 5.75 Å². The maximum absolute atomic E-state index is 13.6. The van der Waals surface area contributed by atoms with Gasteiger partial charge in [-0.2, -0.15) is 0 Å². The predicted octanol–water partition coefficient (Wildman–Crippen LogP) is -1.67. The van der Waals surface area contributed by atoms with Crippen LogP contribution in [0.5, 0.6) is 5.75 Å². The number of aliphatic hydroxyl groups is 2. The number of para-hydroxylation sites is 1. The minimum atomic E-state index is -2.58. The number of hydrogen-bond acceptors (Lipinski definition) is 11. The van der Waals surface area contributed by atoms with Crippen LogP contribution in [0.15, 0.2) is 28.2 Å². The van der Waals surface area contributed by atoms with Crippen LogP contribution in [0.1, 0.15) is 49.0 Å². The fraction of sp³-hybridized carbons (Fsp3) is 0.615. The van der Waals surface area contributed by atoms with Crippen LogP contribution in [0, 0.1) is 0 Å². The van der Waals surface area contributed by atoms with Gasteiger partial charge in [-0.05, 0) is 30.7 Å². The number of amides is 3. The number of nitrogens with one attached hydrogen (secondary N) is 3. The van der Waals surface area contributed by atoms with Crippen LogP contribution in [-0.2, 0) is 5.41 Å². The molecule has 5 aliphatic rings. The van der Waals surface area contributed by atoms with Gasteiger partial charge in [0.2, 0.25) is 5.79 Å². The first-order chi connectivity index (χ1) is 19.0. The molecule has 1 aromatic rings. The molecule has 0 aromatic heterocycles. The highest BCUT2D eigenvalue weighted by molar-refractivity contribution is 5.98. The Kier molecular flexibility index (Phi) is 6.03. The molecular formula is C26H37N9O5. The van der Waals surface area contributed by atoms with Crippen molar-refractivity contribution in [2.24, 2.45) is 21.5 Å². The van der Waals surface area contributed by atoms with E-state index >= 15 is 0 Å². The molecule has 2 fully saturated rings. The number of hydrogen-bond donors (Lipinski definition) is 7. The van der Waals surface area contributed by atoms with Gasteiger partial charge in [0.25, 0.3) is 5.91 Å². The minimum Gasteiger partial charge on any atom is -0.492 e. The highest BCUT2D eigenvalue weighted by Gasteiger charge is 2.73. The molecule has 5 aliphatic heterocycles. The van der Waals surface area contributed by atoms with Crippen molar-refractivity contribution >= 4 is 23.9 Å². The first-order valence-corrected chi connectivity index (χ1v) is 13.7. The van der Waals surface area contributed by atoms with Gasteiger partial charge < -0.3 is 52.2 Å². The summed E-state index contributed by atoms with van der Waals surface area (Å²) in [6, 6.07) is 2.31. The number of fused-ring (bicyclic) bond motifs is 1. The summed E-state index contributed by atoms with van der Waals surface area (Å²) in [5.41, 5.74) is 11.8. The van der Waals surface area contributed by atoms with Crippen LogP contribution in [0.25, 0.3) is 0 Å². The molecule has 3 amide bonds. The number of carbonyl (C=O) groups excluding carboxylic acids is 2. The van der Waals surface area contributed by atoms with Crippen molar-refractivity contribution in [1.82, 2.24) is 25.8 Å². The van der Waals surface area contributed by atoms with E-state index in [0.29, 0.717) is 31.0 Å². The third-order valence-electron chi connectivity index (χ3n) is 8.92. The molecular weight excluding hydrogens is 518 g/mol. The fourth-order valence-electron chi connectivity index (χ4n) is 6.66. The first-order valence-electron chi connectivity index (χ1n) is 13.7. The second-order valence-electron chi connectivity index (χ2n) is 11.8. The Balaban J connectivity index is 1.26. The van der Waals surface area contributed by atoms with Crippen LogP contribution >= 0.6 is 0 Å². The van der Waals surface area contributed by atoms with Gasteiger partial charge in [-0.1, -0.05) is 26.0 Å². The molecule has 1 unspecified atom stereocenters. The van der Waals surface area contributed by atoms with Gasteiger partial charge in [0, 0.05) is 31.7 Å². The Bertz CT molecular complexity index is 1290. The first kappa shape index (κ1) is 26.4. The van der Waals surface area contributed by atoms with E-state index < -0.39 is 35.5 Å². The van der Waals surface area contributed by atoms with Gasteiger partial charge in [0.15, 0.2) is 17.6 Å². The van der Waals surface area contributed by atoms with Crippen molar-refractivity contribution in [2.75, 3.05) is 32.8 Å². The summed E-state index contributed by atoms with van der Waals surface area (Å²) in [7, 11) is 0. The number of benzene rings is 1. The highest BCUT2D eigenvalue weighted by Crippen LogP contribution is 2.45. The predicted molar refractivity (Wildman–Crippen MR) is 146 cm³/mol. The van der Waals surface area contributed by atoms with Crippen LogP contribution in [0.2, 0.25) is 0 Å². The number of nitrogens with two attached hydrogens (primary N) is 2. The average molecular weight is 556 g/mol. The maximum Gasteiger partial charge on any atom is 0.317 e. The van der Waals surface area contributed by atoms with Crippen LogP contribution in [0.3, 0.4) is 0 Å². The molecule has 0 bridgehead atoms. The van der Waals surface area contributed by atoms with E-state index in [1.165, 1.54) is 4.90 Å². The molecule has 14 heteroatoms. The quantitative estimate of drug-likeness (QED) is 0.212. The summed E-state index contributed by atoms with van der Waals surface area (Å²) in [6.45, 7) is 6.01. The van der Waals surface area contributed by atoms with Crippen LogP contribution in [-0.4, -0.2) is 106 Å². The summed E-state index contributed by atoms with van der Waals surface area (Å²) in [5.74, 6) is -2.61. The molecule has 6 rings (SSSR count). The Morgan fingerprint density at radius 1 is 1.20 bits per heavy atom. The number of carbonyl (C=O) groups is 2. The SMILES string of the molecule is CC1(C)CCOc2c(C(=O)NC3CN4C(N)=N[C@@H](CNC(=O)N5CCCC5)[C@@H]5N=C(N)N[C@@]54C3(O)O)cccc21. The number of aliphatic imine (C=N–C) groups is 2. The number of ether oxygens (including phenoxy) is 1. The third-order valence-corrected chi connectivity index (χ3v) is 8.92. The highest BCUT2D eigenvalue weighted by atomic mass is 16.5. The number of urea groups is 1. The molecule has 0 aliphatic carbocycles. The molecule has 216 valence electrons. The van der Waals surface area contributed by atoms with Gasteiger partial charge in [0.1, 0.15) is 17.8 Å². The summed E-state index contributed by atoms with van der Waals surface area (Å²) < 4.78 is 5.90. The Morgan fingerprint density at radius 2 is 1.95 bits per heavy atom. The van der Waals surface area contributed by atoms with E-state index in [0.717, 1.165) is 24.8 Å². The third kappa shape index (κ3) is 3.84. The van der Waals surface area contributed by atoms with Crippen LogP contribution in [0.4, 0.5) is 4.79 Å². The zero-order valence-electron chi connectivity index (χ0n) is 22.7. The van der Waals surface area contributed by atoms with E-state index in [1.807, 2.05) is 6.07 Å². The minimum absolute atomic E-state index is 0.0143. The standard InChI is InChI=1S/C26H37N9O5/c1-24(2)8-11-40-18-14(6-5-7-15(18)24)20(36)31-17-13-35-22(28)30-16(12-29-23(37)34-9-3-4-10-34)19-25(35,26(17,38)39)33-21(27)32-19/h5-7,16-17,19,38-39H,3-4,8-13H2,1-2H3,(H2,28,30)(H,29,37)(H,31,36)(H3,27,32,33)/t16-,17?,19-,25-/m0/s1. The lowest BCUT2D eigenvalue weighted by atomic mass is 9.79. The smallest absolute Gasteiger partial charge is 0.317 e. The van der Waals surface area contributed by atoms with Crippen molar-refractivity contribution in [1.29, 1.82) is 0 Å². The topological polar surface area (TPSA) is 203 Å². The summed E-state index contributed by atoms with van der Waals surface area (Å²) in [5, 5.41) is 32.0. The summed E-state index contributed by atoms with van der Waals surface area (Å²) >= 11 is 0. The van der Waals surface area contributed by atoms with Crippen molar-refractivity contribution in [3.05, 3.63) is 29.3 Å².